The van der Waals surface area contributed by atoms with Gasteiger partial charge in [-0.25, -0.2) is 8.42 Å². The van der Waals surface area contributed by atoms with Gasteiger partial charge in [-0.15, -0.1) is 10.2 Å². The second kappa shape index (κ2) is 6.18. The molecule has 1 aromatic heterocycles. The second-order valence-corrected chi connectivity index (χ2v) is 7.69. The first-order valence-electron chi connectivity index (χ1n) is 7.45. The van der Waals surface area contributed by atoms with Gasteiger partial charge in [-0.05, 0) is 32.0 Å². The Kier molecular flexibility index (Phi) is 4.26. The molecular formula is C15H20N4O2S. The molecule has 2 heterocycles. The lowest BCUT2D eigenvalue weighted by molar-refractivity contribution is 0.216. The molecule has 3 rings (SSSR count). The van der Waals surface area contributed by atoms with Gasteiger partial charge in [-0.2, -0.15) is 0 Å². The Morgan fingerprint density at radius 2 is 1.91 bits per heavy atom. The third-order valence-electron chi connectivity index (χ3n) is 4.01. The molecule has 118 valence electrons. The van der Waals surface area contributed by atoms with Crippen LogP contribution in [0.4, 0.5) is 0 Å². The first-order chi connectivity index (χ1) is 10.6. The predicted octanol–water partition coefficient (Wildman–Crippen LogP) is 1.27. The van der Waals surface area contributed by atoms with Crippen molar-refractivity contribution in [2.75, 3.05) is 18.8 Å². The Morgan fingerprint density at radius 1 is 1.14 bits per heavy atom. The summed E-state index contributed by atoms with van der Waals surface area (Å²) in [5.41, 5.74) is 0. The van der Waals surface area contributed by atoms with Crippen LogP contribution in [0.1, 0.15) is 18.1 Å². The number of aryl methyl sites for hydroxylation is 1. The molecular weight excluding hydrogens is 300 g/mol. The Morgan fingerprint density at radius 3 is 2.68 bits per heavy atom. The lowest BCUT2D eigenvalue weighted by Gasteiger charge is -2.27. The fourth-order valence-electron chi connectivity index (χ4n) is 2.77. The van der Waals surface area contributed by atoms with Crippen LogP contribution in [-0.4, -0.2) is 46.9 Å². The summed E-state index contributed by atoms with van der Waals surface area (Å²) in [6.45, 7) is 5.25. The summed E-state index contributed by atoms with van der Waals surface area (Å²) in [6.07, 6.45) is 0.629. The van der Waals surface area contributed by atoms with E-state index in [0.29, 0.717) is 11.3 Å². The molecule has 0 radical (unpaired) electrons. The molecule has 0 N–H and O–H groups in total. The molecule has 0 fully saturated rings. The predicted molar refractivity (Wildman–Crippen MR) is 83.1 cm³/mol. The third-order valence-corrected chi connectivity index (χ3v) is 5.82. The van der Waals surface area contributed by atoms with E-state index in [9.17, 15) is 8.42 Å². The van der Waals surface area contributed by atoms with Crippen molar-refractivity contribution >= 4 is 9.84 Å². The van der Waals surface area contributed by atoms with E-state index in [1.165, 1.54) is 0 Å². The maximum atomic E-state index is 12.2. The molecule has 22 heavy (non-hydrogen) atoms. The van der Waals surface area contributed by atoms with Crippen LogP contribution in [0.5, 0.6) is 0 Å². The average Bonchev–Trinajstić information content (AvgIpc) is 2.89. The minimum Gasteiger partial charge on any atom is -0.313 e. The van der Waals surface area contributed by atoms with E-state index in [0.717, 1.165) is 37.8 Å². The van der Waals surface area contributed by atoms with Gasteiger partial charge in [0.05, 0.1) is 17.2 Å². The number of hydrogen-bond donors (Lipinski definition) is 0. The summed E-state index contributed by atoms with van der Waals surface area (Å²) in [4.78, 5) is 2.65. The van der Waals surface area contributed by atoms with E-state index < -0.39 is 9.84 Å². The van der Waals surface area contributed by atoms with E-state index >= 15 is 0 Å². The van der Waals surface area contributed by atoms with Gasteiger partial charge in [-0.3, -0.25) is 4.90 Å². The Labute approximate surface area is 130 Å². The third kappa shape index (κ3) is 3.20. The Bertz CT molecular complexity index is 740. The minimum absolute atomic E-state index is 0.180. The van der Waals surface area contributed by atoms with Crippen molar-refractivity contribution in [1.82, 2.24) is 19.7 Å². The van der Waals surface area contributed by atoms with E-state index in [2.05, 4.69) is 19.7 Å². The molecule has 0 atom stereocenters. The molecule has 0 saturated carbocycles. The van der Waals surface area contributed by atoms with Crippen LogP contribution in [0.15, 0.2) is 35.2 Å². The highest BCUT2D eigenvalue weighted by atomic mass is 32.2. The smallest absolute Gasteiger partial charge is 0.178 e. The van der Waals surface area contributed by atoms with Gasteiger partial charge in [0.2, 0.25) is 0 Å². The van der Waals surface area contributed by atoms with Crippen LogP contribution in [0.2, 0.25) is 0 Å². The first kappa shape index (κ1) is 15.2. The fourth-order valence-corrected chi connectivity index (χ4v) is 4.08. The van der Waals surface area contributed by atoms with Gasteiger partial charge in [0, 0.05) is 13.1 Å². The summed E-state index contributed by atoms with van der Waals surface area (Å²) in [6, 6.07) is 8.65. The summed E-state index contributed by atoms with van der Waals surface area (Å²) < 4.78 is 26.6. The molecule has 0 unspecified atom stereocenters. The van der Waals surface area contributed by atoms with Crippen molar-refractivity contribution < 1.29 is 8.42 Å². The fraction of sp³-hybridized carbons (Fsp3) is 0.467. The normalized spacial score (nSPS) is 15.7. The van der Waals surface area contributed by atoms with E-state index in [1.54, 1.807) is 24.3 Å². The zero-order chi connectivity index (χ0) is 15.6. The lowest BCUT2D eigenvalue weighted by atomic mass is 10.3. The van der Waals surface area contributed by atoms with Crippen LogP contribution in [0, 0.1) is 6.92 Å². The van der Waals surface area contributed by atoms with Crippen LogP contribution in [0.3, 0.4) is 0 Å². The maximum absolute atomic E-state index is 12.2. The number of rotatable bonds is 5. The molecule has 0 bridgehead atoms. The Hall–Kier alpha value is -1.73. The zero-order valence-corrected chi connectivity index (χ0v) is 13.5. The summed E-state index contributed by atoms with van der Waals surface area (Å²) in [7, 11) is -3.18. The standard InChI is InChI=1S/C15H20N4O2S/c1-13-16-17-15-12-18(9-10-19(13)15)8-5-11-22(20,21)14-6-3-2-4-7-14/h2-4,6-7H,5,8-12H2,1H3. The molecule has 2 aromatic rings. The number of sulfone groups is 1. The van der Waals surface area contributed by atoms with Gasteiger partial charge in [0.15, 0.2) is 9.84 Å². The van der Waals surface area contributed by atoms with Crippen molar-refractivity contribution in [3.05, 3.63) is 42.0 Å². The van der Waals surface area contributed by atoms with Gasteiger partial charge >= 0.3 is 0 Å². The highest BCUT2D eigenvalue weighted by Crippen LogP contribution is 2.14. The largest absolute Gasteiger partial charge is 0.313 e. The van der Waals surface area contributed by atoms with Crippen molar-refractivity contribution in [3.63, 3.8) is 0 Å². The number of fused-ring (bicyclic) bond motifs is 1. The zero-order valence-electron chi connectivity index (χ0n) is 12.6. The van der Waals surface area contributed by atoms with Crippen LogP contribution >= 0.6 is 0 Å². The summed E-state index contributed by atoms with van der Waals surface area (Å²) in [5.74, 6) is 2.09. The second-order valence-electron chi connectivity index (χ2n) is 5.58. The van der Waals surface area contributed by atoms with Crippen molar-refractivity contribution in [2.45, 2.75) is 31.3 Å². The van der Waals surface area contributed by atoms with Crippen LogP contribution < -0.4 is 0 Å². The highest BCUT2D eigenvalue weighted by molar-refractivity contribution is 7.91. The monoisotopic (exact) mass is 320 g/mol. The first-order valence-corrected chi connectivity index (χ1v) is 9.10. The minimum atomic E-state index is -3.18. The van der Waals surface area contributed by atoms with Gasteiger partial charge in [-0.1, -0.05) is 18.2 Å². The molecule has 0 spiro atoms. The summed E-state index contributed by atoms with van der Waals surface area (Å²) >= 11 is 0. The molecule has 1 aliphatic rings. The van der Waals surface area contributed by atoms with E-state index in [1.807, 2.05) is 13.0 Å². The van der Waals surface area contributed by atoms with Gasteiger partial charge in [0.1, 0.15) is 11.6 Å². The van der Waals surface area contributed by atoms with Crippen LogP contribution in [0.25, 0.3) is 0 Å². The van der Waals surface area contributed by atoms with E-state index in [4.69, 9.17) is 0 Å². The highest BCUT2D eigenvalue weighted by Gasteiger charge is 2.20. The number of hydrogen-bond acceptors (Lipinski definition) is 5. The van der Waals surface area contributed by atoms with Crippen molar-refractivity contribution in [2.24, 2.45) is 0 Å². The maximum Gasteiger partial charge on any atom is 0.178 e. The molecule has 1 aliphatic heterocycles. The quantitative estimate of drug-likeness (QED) is 0.830. The molecule has 0 aliphatic carbocycles. The van der Waals surface area contributed by atoms with Crippen molar-refractivity contribution in [1.29, 1.82) is 0 Å². The number of nitrogens with zero attached hydrogens (tertiary/aromatic N) is 4. The van der Waals surface area contributed by atoms with Crippen LogP contribution in [-0.2, 0) is 22.9 Å². The number of aromatic nitrogens is 3. The molecule has 0 amide bonds. The molecule has 6 nitrogen and oxygen atoms in total. The molecule has 0 saturated heterocycles. The van der Waals surface area contributed by atoms with Crippen molar-refractivity contribution in [3.8, 4) is 0 Å². The molecule has 7 heteroatoms. The molecule has 1 aromatic carbocycles. The average molecular weight is 320 g/mol. The van der Waals surface area contributed by atoms with Gasteiger partial charge < -0.3 is 4.57 Å². The topological polar surface area (TPSA) is 68.1 Å². The summed E-state index contributed by atoms with van der Waals surface area (Å²) in [5, 5.41) is 8.25. The lowest BCUT2D eigenvalue weighted by Crippen LogP contribution is -2.35. The van der Waals surface area contributed by atoms with E-state index in [-0.39, 0.29) is 5.75 Å². The SMILES string of the molecule is Cc1nnc2n1CCN(CCCS(=O)(=O)c1ccccc1)C2. The van der Waals surface area contributed by atoms with Gasteiger partial charge in [0.25, 0.3) is 0 Å². The Balaban J connectivity index is 1.54. The number of benzene rings is 1.